The van der Waals surface area contributed by atoms with Gasteiger partial charge in [0.15, 0.2) is 0 Å². The Hall–Kier alpha value is -2.44. The minimum absolute atomic E-state index is 0.0617. The molecule has 2 atom stereocenters. The Kier molecular flexibility index (Phi) is 8.61. The second kappa shape index (κ2) is 10.9. The van der Waals surface area contributed by atoms with Crippen molar-refractivity contribution in [3.63, 3.8) is 0 Å². The van der Waals surface area contributed by atoms with Crippen LogP contribution in [0, 0.1) is 5.92 Å². The van der Waals surface area contributed by atoms with Crippen LogP contribution in [0.25, 0.3) is 6.08 Å². The van der Waals surface area contributed by atoms with Gasteiger partial charge in [-0.1, -0.05) is 74.5 Å². The van der Waals surface area contributed by atoms with E-state index in [1.54, 1.807) is 0 Å². The van der Waals surface area contributed by atoms with Gasteiger partial charge in [0, 0.05) is 11.4 Å². The lowest BCUT2D eigenvalue weighted by Gasteiger charge is -2.23. The van der Waals surface area contributed by atoms with E-state index in [0.717, 1.165) is 23.8 Å². The number of sulfonamides is 1. The molecular weight excluding hydrogens is 384 g/mol. The zero-order chi connectivity index (χ0) is 21.3. The van der Waals surface area contributed by atoms with Gasteiger partial charge in [-0.25, -0.2) is 8.42 Å². The van der Waals surface area contributed by atoms with Crippen LogP contribution in [0.4, 0.5) is 0 Å². The van der Waals surface area contributed by atoms with Gasteiger partial charge in [-0.05, 0) is 42.9 Å². The molecular formula is C23H30N2O3S. The minimum Gasteiger partial charge on any atom is -0.352 e. The number of carbonyl (C=O) groups is 1. The van der Waals surface area contributed by atoms with Crippen LogP contribution in [0.2, 0.25) is 0 Å². The Morgan fingerprint density at radius 1 is 0.966 bits per heavy atom. The molecule has 156 valence electrons. The van der Waals surface area contributed by atoms with Gasteiger partial charge in [-0.15, -0.1) is 0 Å². The number of hydrogen-bond donors (Lipinski definition) is 2. The zero-order valence-electron chi connectivity index (χ0n) is 17.2. The first kappa shape index (κ1) is 22.8. The van der Waals surface area contributed by atoms with Crippen molar-refractivity contribution in [1.29, 1.82) is 0 Å². The third-order valence-electron chi connectivity index (χ3n) is 4.58. The summed E-state index contributed by atoms with van der Waals surface area (Å²) in [6, 6.07) is 18.3. The number of aryl methyl sites for hydroxylation is 1. The number of carbonyl (C=O) groups excluding carboxylic acids is 1. The van der Waals surface area contributed by atoms with Gasteiger partial charge < -0.3 is 5.32 Å². The highest BCUT2D eigenvalue weighted by atomic mass is 32.2. The third kappa shape index (κ3) is 8.21. The summed E-state index contributed by atoms with van der Waals surface area (Å²) in [5, 5.41) is 4.04. The van der Waals surface area contributed by atoms with Crippen molar-refractivity contribution in [2.24, 2.45) is 5.92 Å². The fourth-order valence-corrected chi connectivity index (χ4v) is 4.02. The molecule has 0 saturated carbocycles. The lowest BCUT2D eigenvalue weighted by Crippen LogP contribution is -2.51. The highest BCUT2D eigenvalue weighted by molar-refractivity contribution is 7.92. The summed E-state index contributed by atoms with van der Waals surface area (Å²) in [5.74, 6) is -0.492. The quantitative estimate of drug-likeness (QED) is 0.622. The highest BCUT2D eigenvalue weighted by Crippen LogP contribution is 2.09. The first-order valence-corrected chi connectivity index (χ1v) is 11.4. The maximum absolute atomic E-state index is 12.7. The van der Waals surface area contributed by atoms with E-state index in [2.05, 4.69) is 22.2 Å². The van der Waals surface area contributed by atoms with Crippen molar-refractivity contribution < 1.29 is 13.2 Å². The maximum atomic E-state index is 12.7. The van der Waals surface area contributed by atoms with Crippen LogP contribution in [0.1, 0.15) is 38.3 Å². The predicted octanol–water partition coefficient (Wildman–Crippen LogP) is 3.74. The molecule has 29 heavy (non-hydrogen) atoms. The average molecular weight is 415 g/mol. The molecule has 0 aliphatic rings. The molecule has 5 nitrogen and oxygen atoms in total. The molecule has 0 aliphatic carbocycles. The van der Waals surface area contributed by atoms with Crippen molar-refractivity contribution in [3.8, 4) is 0 Å². The maximum Gasteiger partial charge on any atom is 0.238 e. The normalized spacial score (nSPS) is 14.1. The lowest BCUT2D eigenvalue weighted by atomic mass is 10.0. The molecule has 0 radical (unpaired) electrons. The number of hydrogen-bond acceptors (Lipinski definition) is 3. The minimum atomic E-state index is -3.75. The van der Waals surface area contributed by atoms with E-state index in [9.17, 15) is 13.2 Å². The first-order chi connectivity index (χ1) is 13.8. The Morgan fingerprint density at radius 3 is 2.14 bits per heavy atom. The second-order valence-corrected chi connectivity index (χ2v) is 9.13. The molecule has 0 saturated heterocycles. The van der Waals surface area contributed by atoms with Gasteiger partial charge in [-0.2, -0.15) is 4.72 Å². The predicted molar refractivity (Wildman–Crippen MR) is 119 cm³/mol. The Bertz CT molecular complexity index is 894. The molecule has 2 rings (SSSR count). The molecule has 2 aromatic carbocycles. The molecule has 2 N–H and O–H groups in total. The Balaban J connectivity index is 1.95. The van der Waals surface area contributed by atoms with Gasteiger partial charge in [-0.3, -0.25) is 4.79 Å². The SMILES string of the molecule is CC(C)[C@H](NS(=O)(=O)/C=C/c1ccccc1)C(=O)N[C@H](C)CCc1ccccc1. The van der Waals surface area contributed by atoms with E-state index in [0.29, 0.717) is 0 Å². The van der Waals surface area contributed by atoms with Crippen LogP contribution < -0.4 is 10.0 Å². The van der Waals surface area contributed by atoms with Crippen LogP contribution >= 0.6 is 0 Å². The van der Waals surface area contributed by atoms with Crippen LogP contribution in [0.15, 0.2) is 66.1 Å². The van der Waals surface area contributed by atoms with Crippen LogP contribution in [0.5, 0.6) is 0 Å². The second-order valence-electron chi connectivity index (χ2n) is 7.53. The average Bonchev–Trinajstić information content (AvgIpc) is 2.70. The highest BCUT2D eigenvalue weighted by Gasteiger charge is 2.27. The van der Waals surface area contributed by atoms with Gasteiger partial charge >= 0.3 is 0 Å². The molecule has 0 fully saturated rings. The molecule has 1 amide bonds. The number of rotatable bonds is 10. The summed E-state index contributed by atoms with van der Waals surface area (Å²) in [6.07, 6.45) is 3.14. The van der Waals surface area contributed by atoms with Gasteiger partial charge in [0.25, 0.3) is 0 Å². The van der Waals surface area contributed by atoms with E-state index < -0.39 is 16.1 Å². The molecule has 2 aromatic rings. The van der Waals surface area contributed by atoms with E-state index in [1.807, 2.05) is 69.3 Å². The lowest BCUT2D eigenvalue weighted by molar-refractivity contribution is -0.124. The summed E-state index contributed by atoms with van der Waals surface area (Å²) >= 11 is 0. The topological polar surface area (TPSA) is 75.3 Å². The molecule has 0 spiro atoms. The zero-order valence-corrected chi connectivity index (χ0v) is 18.0. The monoisotopic (exact) mass is 414 g/mol. The molecule has 0 bridgehead atoms. The van der Waals surface area contributed by atoms with Crippen LogP contribution in [0.3, 0.4) is 0 Å². The van der Waals surface area contributed by atoms with Crippen LogP contribution in [-0.2, 0) is 21.2 Å². The smallest absolute Gasteiger partial charge is 0.238 e. The molecule has 0 unspecified atom stereocenters. The molecule has 0 aromatic heterocycles. The molecule has 0 aliphatic heterocycles. The van der Waals surface area contributed by atoms with Gasteiger partial charge in [0.2, 0.25) is 15.9 Å². The summed E-state index contributed by atoms with van der Waals surface area (Å²) in [7, 11) is -3.75. The van der Waals surface area contributed by atoms with Crippen molar-refractivity contribution in [1.82, 2.24) is 10.0 Å². The molecule has 0 heterocycles. The summed E-state index contributed by atoms with van der Waals surface area (Å²) < 4.78 is 27.4. The van der Waals surface area contributed by atoms with Gasteiger partial charge in [0.1, 0.15) is 6.04 Å². The van der Waals surface area contributed by atoms with Crippen molar-refractivity contribution >= 4 is 22.0 Å². The van der Waals surface area contributed by atoms with Crippen molar-refractivity contribution in [2.45, 2.75) is 45.7 Å². The van der Waals surface area contributed by atoms with E-state index in [-0.39, 0.29) is 17.9 Å². The fourth-order valence-electron chi connectivity index (χ4n) is 2.87. The van der Waals surface area contributed by atoms with Crippen molar-refractivity contribution in [2.75, 3.05) is 0 Å². The number of amides is 1. The summed E-state index contributed by atoms with van der Waals surface area (Å²) in [5.41, 5.74) is 1.98. The Labute approximate surface area is 174 Å². The first-order valence-electron chi connectivity index (χ1n) is 9.86. The third-order valence-corrected chi connectivity index (χ3v) is 5.65. The Morgan fingerprint density at radius 2 is 1.55 bits per heavy atom. The summed E-state index contributed by atoms with van der Waals surface area (Å²) in [6.45, 7) is 5.58. The van der Waals surface area contributed by atoms with E-state index >= 15 is 0 Å². The van der Waals surface area contributed by atoms with Crippen molar-refractivity contribution in [3.05, 3.63) is 77.2 Å². The van der Waals surface area contributed by atoms with Gasteiger partial charge in [0.05, 0.1) is 0 Å². The number of benzene rings is 2. The fraction of sp³-hybridized carbons (Fsp3) is 0.348. The summed E-state index contributed by atoms with van der Waals surface area (Å²) in [4.78, 5) is 12.7. The van der Waals surface area contributed by atoms with E-state index in [1.165, 1.54) is 11.6 Å². The van der Waals surface area contributed by atoms with Crippen LogP contribution in [-0.4, -0.2) is 26.4 Å². The number of nitrogens with one attached hydrogen (secondary N) is 2. The van der Waals surface area contributed by atoms with E-state index in [4.69, 9.17) is 0 Å². The largest absolute Gasteiger partial charge is 0.352 e. The standard InChI is InChI=1S/C23H30N2O3S/c1-18(2)22(25-29(27,28)17-16-21-12-8-5-9-13-21)23(26)24-19(3)14-15-20-10-6-4-7-11-20/h4-13,16-19,22,25H,14-15H2,1-3H3,(H,24,26)/b17-16+/t19-,22+/m1/s1. The molecule has 6 heteroatoms.